The van der Waals surface area contributed by atoms with Crippen molar-refractivity contribution in [1.29, 1.82) is 0 Å². The molecule has 18 heavy (non-hydrogen) atoms. The Morgan fingerprint density at radius 1 is 1.17 bits per heavy atom. The van der Waals surface area contributed by atoms with Gasteiger partial charge >= 0.3 is 0 Å². The van der Waals surface area contributed by atoms with Crippen molar-refractivity contribution in [2.75, 3.05) is 12.3 Å². The van der Waals surface area contributed by atoms with Crippen molar-refractivity contribution in [1.82, 2.24) is 5.32 Å². The highest BCUT2D eigenvalue weighted by atomic mass is 32.2. The molecule has 1 fully saturated rings. The summed E-state index contributed by atoms with van der Waals surface area (Å²) < 4.78 is 23.7. The molecule has 0 radical (unpaired) electrons. The van der Waals surface area contributed by atoms with Crippen LogP contribution in [0.1, 0.15) is 60.3 Å². The zero-order chi connectivity index (χ0) is 14.0. The van der Waals surface area contributed by atoms with Crippen LogP contribution in [0.25, 0.3) is 0 Å². The van der Waals surface area contributed by atoms with E-state index in [0.29, 0.717) is 11.8 Å². The van der Waals surface area contributed by atoms with E-state index in [1.807, 2.05) is 0 Å². The average Bonchev–Trinajstić information content (AvgIpc) is 3.06. The van der Waals surface area contributed by atoms with Gasteiger partial charge < -0.3 is 5.32 Å². The summed E-state index contributed by atoms with van der Waals surface area (Å²) in [5.41, 5.74) is 0.0981. The van der Waals surface area contributed by atoms with Gasteiger partial charge in [-0.2, -0.15) is 0 Å². The second-order valence-corrected chi connectivity index (χ2v) is 9.86. The first-order valence-electron chi connectivity index (χ1n) is 7.05. The van der Waals surface area contributed by atoms with E-state index < -0.39 is 14.6 Å². The van der Waals surface area contributed by atoms with E-state index in [-0.39, 0.29) is 5.41 Å². The molecule has 0 aromatic carbocycles. The van der Waals surface area contributed by atoms with Crippen LogP contribution < -0.4 is 5.32 Å². The zero-order valence-electron chi connectivity index (χ0n) is 12.5. The maximum atomic E-state index is 12.1. The SMILES string of the molecule is CCC(C)(CCS(=O)(=O)C(C)(C)C)CNC1CC1. The van der Waals surface area contributed by atoms with Crippen LogP contribution in [-0.4, -0.2) is 31.5 Å². The van der Waals surface area contributed by atoms with Crippen molar-refractivity contribution in [3.8, 4) is 0 Å². The normalized spacial score (nSPS) is 20.7. The van der Waals surface area contributed by atoms with Crippen molar-refractivity contribution in [3.05, 3.63) is 0 Å². The van der Waals surface area contributed by atoms with Gasteiger partial charge in [0.25, 0.3) is 0 Å². The van der Waals surface area contributed by atoms with E-state index in [0.717, 1.165) is 19.4 Å². The lowest BCUT2D eigenvalue weighted by Gasteiger charge is -2.30. The van der Waals surface area contributed by atoms with Gasteiger partial charge in [-0.3, -0.25) is 0 Å². The smallest absolute Gasteiger partial charge is 0.155 e. The molecule has 0 aromatic rings. The van der Waals surface area contributed by atoms with Gasteiger partial charge in [-0.25, -0.2) is 8.42 Å². The molecule has 1 saturated carbocycles. The van der Waals surface area contributed by atoms with Gasteiger partial charge in [-0.15, -0.1) is 0 Å². The highest BCUT2D eigenvalue weighted by Crippen LogP contribution is 2.29. The van der Waals surface area contributed by atoms with Crippen LogP contribution in [-0.2, 0) is 9.84 Å². The van der Waals surface area contributed by atoms with Gasteiger partial charge in [-0.1, -0.05) is 13.8 Å². The van der Waals surface area contributed by atoms with Crippen LogP contribution in [0.5, 0.6) is 0 Å². The maximum Gasteiger partial charge on any atom is 0.155 e. The molecule has 0 saturated heterocycles. The standard InChI is InChI=1S/C14H29NO2S/c1-6-14(5,11-15-12-7-8-12)9-10-18(16,17)13(2,3)4/h12,15H,6-11H2,1-5H3. The van der Waals surface area contributed by atoms with Gasteiger partial charge in [0.1, 0.15) is 0 Å². The fraction of sp³-hybridized carbons (Fsp3) is 1.00. The molecule has 1 aliphatic carbocycles. The number of rotatable bonds is 7. The lowest BCUT2D eigenvalue weighted by molar-refractivity contribution is 0.280. The van der Waals surface area contributed by atoms with E-state index in [4.69, 9.17) is 0 Å². The molecule has 0 heterocycles. The van der Waals surface area contributed by atoms with E-state index in [1.54, 1.807) is 20.8 Å². The first-order chi connectivity index (χ1) is 8.10. The third-order valence-electron chi connectivity index (χ3n) is 4.16. The topological polar surface area (TPSA) is 46.2 Å². The molecular formula is C14H29NO2S. The molecule has 1 unspecified atom stereocenters. The number of hydrogen-bond donors (Lipinski definition) is 1. The summed E-state index contributed by atoms with van der Waals surface area (Å²) in [6.07, 6.45) is 4.33. The summed E-state index contributed by atoms with van der Waals surface area (Å²) in [5, 5.41) is 3.53. The quantitative estimate of drug-likeness (QED) is 0.777. The molecule has 3 nitrogen and oxygen atoms in total. The Kier molecular flexibility index (Phi) is 4.87. The number of sulfone groups is 1. The molecule has 0 aromatic heterocycles. The Morgan fingerprint density at radius 3 is 2.11 bits per heavy atom. The number of hydrogen-bond acceptors (Lipinski definition) is 3. The van der Waals surface area contributed by atoms with Crippen LogP contribution in [0.15, 0.2) is 0 Å². The van der Waals surface area contributed by atoms with Crippen molar-refractivity contribution in [2.45, 2.75) is 71.1 Å². The molecule has 0 amide bonds. The van der Waals surface area contributed by atoms with Gasteiger partial charge in [0, 0.05) is 12.6 Å². The molecule has 4 heteroatoms. The zero-order valence-corrected chi connectivity index (χ0v) is 13.4. The first kappa shape index (κ1) is 16.0. The van der Waals surface area contributed by atoms with Crippen molar-refractivity contribution in [2.24, 2.45) is 5.41 Å². The van der Waals surface area contributed by atoms with E-state index in [9.17, 15) is 8.42 Å². The minimum atomic E-state index is -2.99. The molecule has 1 atom stereocenters. The van der Waals surface area contributed by atoms with Gasteiger partial charge in [-0.05, 0) is 51.9 Å². The van der Waals surface area contributed by atoms with E-state index in [1.165, 1.54) is 12.8 Å². The lowest BCUT2D eigenvalue weighted by atomic mass is 9.84. The Morgan fingerprint density at radius 2 is 1.72 bits per heavy atom. The molecular weight excluding hydrogens is 246 g/mol. The summed E-state index contributed by atoms with van der Waals surface area (Å²) >= 11 is 0. The largest absolute Gasteiger partial charge is 0.313 e. The molecule has 108 valence electrons. The Hall–Kier alpha value is -0.0900. The molecule has 0 aliphatic heterocycles. The average molecular weight is 275 g/mol. The van der Waals surface area contributed by atoms with Crippen molar-refractivity contribution in [3.63, 3.8) is 0 Å². The van der Waals surface area contributed by atoms with Gasteiger partial charge in [0.2, 0.25) is 0 Å². The monoisotopic (exact) mass is 275 g/mol. The maximum absolute atomic E-state index is 12.1. The summed E-state index contributed by atoms with van der Waals surface area (Å²) in [6, 6.07) is 0.690. The minimum Gasteiger partial charge on any atom is -0.313 e. The summed E-state index contributed by atoms with van der Waals surface area (Å²) in [5.74, 6) is 0.299. The second-order valence-electron chi connectivity index (χ2n) is 7.00. The molecule has 0 bridgehead atoms. The molecule has 1 rings (SSSR count). The Labute approximate surface area is 113 Å². The Bertz CT molecular complexity index is 366. The molecule has 1 N–H and O–H groups in total. The predicted molar refractivity (Wildman–Crippen MR) is 77.6 cm³/mol. The fourth-order valence-electron chi connectivity index (χ4n) is 1.76. The summed E-state index contributed by atoms with van der Waals surface area (Å²) in [4.78, 5) is 0. The van der Waals surface area contributed by atoms with Crippen LogP contribution >= 0.6 is 0 Å². The predicted octanol–water partition coefficient (Wildman–Crippen LogP) is 2.76. The fourth-order valence-corrected chi connectivity index (χ4v) is 3.13. The van der Waals surface area contributed by atoms with Crippen LogP contribution in [0.2, 0.25) is 0 Å². The number of nitrogens with one attached hydrogen (secondary N) is 1. The van der Waals surface area contributed by atoms with Gasteiger partial charge in [0.15, 0.2) is 9.84 Å². The third kappa shape index (κ3) is 4.54. The van der Waals surface area contributed by atoms with Crippen LogP contribution in [0.3, 0.4) is 0 Å². The first-order valence-corrected chi connectivity index (χ1v) is 8.70. The highest BCUT2D eigenvalue weighted by molar-refractivity contribution is 7.92. The van der Waals surface area contributed by atoms with Crippen molar-refractivity contribution >= 4 is 9.84 Å². The van der Waals surface area contributed by atoms with Gasteiger partial charge in [0.05, 0.1) is 10.5 Å². The summed E-state index contributed by atoms with van der Waals surface area (Å²) in [6.45, 7) is 10.6. The highest BCUT2D eigenvalue weighted by Gasteiger charge is 2.33. The molecule has 1 aliphatic rings. The summed E-state index contributed by atoms with van der Waals surface area (Å²) in [7, 11) is -2.99. The molecule has 0 spiro atoms. The Balaban J connectivity index is 2.51. The van der Waals surface area contributed by atoms with E-state index >= 15 is 0 Å². The third-order valence-corrected chi connectivity index (χ3v) is 6.76. The second kappa shape index (κ2) is 5.49. The van der Waals surface area contributed by atoms with Crippen LogP contribution in [0, 0.1) is 5.41 Å². The van der Waals surface area contributed by atoms with E-state index in [2.05, 4.69) is 19.2 Å². The minimum absolute atomic E-state index is 0.0981. The lowest BCUT2D eigenvalue weighted by Crippen LogP contribution is -2.37. The van der Waals surface area contributed by atoms with Crippen LogP contribution in [0.4, 0.5) is 0 Å². The van der Waals surface area contributed by atoms with Crippen molar-refractivity contribution < 1.29 is 8.42 Å².